The smallest absolute Gasteiger partial charge is 0.311 e. The van der Waals surface area contributed by atoms with Crippen molar-refractivity contribution in [1.82, 2.24) is 4.90 Å². The molecule has 0 aromatic rings. The summed E-state index contributed by atoms with van der Waals surface area (Å²) < 4.78 is 0. The quantitative estimate of drug-likeness (QED) is 0.784. The fourth-order valence-electron chi connectivity index (χ4n) is 3.18. The Bertz CT molecular complexity index is 409. The maximum absolute atomic E-state index is 12.3. The van der Waals surface area contributed by atoms with E-state index in [2.05, 4.69) is 6.92 Å². The molecule has 0 bridgehead atoms. The van der Waals surface area contributed by atoms with E-state index in [1.807, 2.05) is 0 Å². The van der Waals surface area contributed by atoms with Crippen LogP contribution in [0.1, 0.15) is 40.0 Å². The Morgan fingerprint density at radius 2 is 1.79 bits per heavy atom. The molecule has 19 heavy (non-hydrogen) atoms. The lowest BCUT2D eigenvalue weighted by atomic mass is 9.87. The molecule has 0 radical (unpaired) electrons. The highest BCUT2D eigenvalue weighted by atomic mass is 16.4. The minimum atomic E-state index is -1.05. The average Bonchev–Trinajstić information content (AvgIpc) is 2.83. The topological polar surface area (TPSA) is 74.7 Å². The Hall–Kier alpha value is -1.39. The van der Waals surface area contributed by atoms with E-state index in [0.29, 0.717) is 12.3 Å². The molecule has 1 saturated heterocycles. The number of carbonyl (C=O) groups is 3. The Kier molecular flexibility index (Phi) is 3.41. The number of carboxylic acid groups (broad SMARTS) is 1. The molecule has 1 heterocycles. The molecule has 5 nitrogen and oxygen atoms in total. The van der Waals surface area contributed by atoms with Gasteiger partial charge in [0, 0.05) is 6.54 Å². The summed E-state index contributed by atoms with van der Waals surface area (Å²) >= 11 is 0. The summed E-state index contributed by atoms with van der Waals surface area (Å²) in [5.74, 6) is -1.31. The summed E-state index contributed by atoms with van der Waals surface area (Å²) in [5, 5.41) is 9.26. The molecule has 1 N–H and O–H groups in total. The van der Waals surface area contributed by atoms with E-state index in [0.717, 1.165) is 12.8 Å². The molecule has 3 atom stereocenters. The highest BCUT2D eigenvalue weighted by Gasteiger charge is 2.53. The van der Waals surface area contributed by atoms with Crippen molar-refractivity contribution in [2.24, 2.45) is 23.2 Å². The average molecular weight is 267 g/mol. The minimum absolute atomic E-state index is 0.00210. The molecule has 3 unspecified atom stereocenters. The molecule has 1 aliphatic heterocycles. The van der Waals surface area contributed by atoms with E-state index in [4.69, 9.17) is 0 Å². The summed E-state index contributed by atoms with van der Waals surface area (Å²) in [6.45, 7) is 5.41. The molecule has 0 aromatic heterocycles. The molecule has 0 spiro atoms. The third-order valence-corrected chi connectivity index (χ3v) is 4.77. The largest absolute Gasteiger partial charge is 0.481 e. The van der Waals surface area contributed by atoms with Gasteiger partial charge in [0.25, 0.3) is 0 Å². The van der Waals surface area contributed by atoms with E-state index in [1.165, 1.54) is 4.90 Å². The van der Waals surface area contributed by atoms with Gasteiger partial charge in [0.15, 0.2) is 0 Å². The zero-order valence-electron chi connectivity index (χ0n) is 11.7. The molecule has 2 aliphatic rings. The number of likely N-dealkylation sites (tertiary alicyclic amines) is 1. The van der Waals surface area contributed by atoms with Crippen molar-refractivity contribution in [3.8, 4) is 0 Å². The third-order valence-electron chi connectivity index (χ3n) is 4.77. The van der Waals surface area contributed by atoms with Gasteiger partial charge in [-0.1, -0.05) is 13.8 Å². The predicted molar refractivity (Wildman–Crippen MR) is 68.1 cm³/mol. The second kappa shape index (κ2) is 4.62. The lowest BCUT2D eigenvalue weighted by Crippen LogP contribution is -2.44. The number of amides is 2. The van der Waals surface area contributed by atoms with Crippen LogP contribution in [0.15, 0.2) is 0 Å². The van der Waals surface area contributed by atoms with Gasteiger partial charge in [-0.25, -0.2) is 0 Å². The highest BCUT2D eigenvalue weighted by Crippen LogP contribution is 2.43. The number of hydrogen-bond acceptors (Lipinski definition) is 3. The number of fused-ring (bicyclic) bond motifs is 1. The van der Waals surface area contributed by atoms with Crippen LogP contribution < -0.4 is 0 Å². The normalized spacial score (nSPS) is 33.4. The van der Waals surface area contributed by atoms with Gasteiger partial charge in [0.05, 0.1) is 17.3 Å². The van der Waals surface area contributed by atoms with Gasteiger partial charge in [0.1, 0.15) is 0 Å². The van der Waals surface area contributed by atoms with Crippen LogP contribution in [0.25, 0.3) is 0 Å². The van der Waals surface area contributed by atoms with E-state index in [-0.39, 0.29) is 30.2 Å². The second-order valence-corrected chi connectivity index (χ2v) is 6.27. The molecular formula is C14H21NO4. The predicted octanol–water partition coefficient (Wildman–Crippen LogP) is 1.52. The Labute approximate surface area is 113 Å². The first-order chi connectivity index (χ1) is 8.80. The number of aliphatic carboxylic acids is 1. The van der Waals surface area contributed by atoms with Crippen molar-refractivity contribution >= 4 is 17.8 Å². The van der Waals surface area contributed by atoms with Crippen molar-refractivity contribution in [2.45, 2.75) is 40.0 Å². The zero-order valence-corrected chi connectivity index (χ0v) is 11.7. The Morgan fingerprint density at radius 3 is 2.16 bits per heavy atom. The van der Waals surface area contributed by atoms with Crippen LogP contribution in [0.5, 0.6) is 0 Å². The first-order valence-corrected chi connectivity index (χ1v) is 6.88. The van der Waals surface area contributed by atoms with Crippen LogP contribution in [0.4, 0.5) is 0 Å². The van der Waals surface area contributed by atoms with Crippen molar-refractivity contribution in [3.63, 3.8) is 0 Å². The maximum Gasteiger partial charge on any atom is 0.311 e. The van der Waals surface area contributed by atoms with Gasteiger partial charge in [-0.15, -0.1) is 0 Å². The van der Waals surface area contributed by atoms with E-state index >= 15 is 0 Å². The SMILES string of the molecule is CCC(C)(CN1C(=O)C2CC(C)CC2C1=O)C(=O)O. The summed E-state index contributed by atoms with van der Waals surface area (Å²) in [4.78, 5) is 37.0. The maximum atomic E-state index is 12.3. The van der Waals surface area contributed by atoms with Gasteiger partial charge < -0.3 is 5.11 Å². The van der Waals surface area contributed by atoms with Gasteiger partial charge >= 0.3 is 5.97 Å². The molecule has 2 amide bonds. The second-order valence-electron chi connectivity index (χ2n) is 6.27. The molecule has 5 heteroatoms. The van der Waals surface area contributed by atoms with Crippen LogP contribution in [-0.4, -0.2) is 34.3 Å². The van der Waals surface area contributed by atoms with E-state index in [9.17, 15) is 19.5 Å². The molecule has 1 aliphatic carbocycles. The highest BCUT2D eigenvalue weighted by molar-refractivity contribution is 6.05. The number of imide groups is 1. The monoisotopic (exact) mass is 267 g/mol. The molecule has 2 rings (SSSR count). The van der Waals surface area contributed by atoms with Gasteiger partial charge in [-0.3, -0.25) is 19.3 Å². The van der Waals surface area contributed by atoms with Crippen LogP contribution >= 0.6 is 0 Å². The van der Waals surface area contributed by atoms with Crippen molar-refractivity contribution in [2.75, 3.05) is 6.54 Å². The van der Waals surface area contributed by atoms with Gasteiger partial charge in [-0.2, -0.15) is 0 Å². The Morgan fingerprint density at radius 1 is 1.32 bits per heavy atom. The number of rotatable bonds is 4. The van der Waals surface area contributed by atoms with Crippen LogP contribution in [0.2, 0.25) is 0 Å². The van der Waals surface area contributed by atoms with Crippen LogP contribution in [0.3, 0.4) is 0 Å². The number of hydrogen-bond donors (Lipinski definition) is 1. The first kappa shape index (κ1) is 14.0. The lowest BCUT2D eigenvalue weighted by Gasteiger charge is -2.28. The van der Waals surface area contributed by atoms with E-state index in [1.54, 1.807) is 13.8 Å². The van der Waals surface area contributed by atoms with Gasteiger partial charge in [-0.05, 0) is 32.1 Å². The van der Waals surface area contributed by atoms with E-state index < -0.39 is 11.4 Å². The third kappa shape index (κ3) is 2.15. The summed E-state index contributed by atoms with van der Waals surface area (Å²) in [6, 6.07) is 0. The van der Waals surface area contributed by atoms with Gasteiger partial charge in [0.2, 0.25) is 11.8 Å². The van der Waals surface area contributed by atoms with Crippen LogP contribution in [-0.2, 0) is 14.4 Å². The van der Waals surface area contributed by atoms with Crippen molar-refractivity contribution < 1.29 is 19.5 Å². The first-order valence-electron chi connectivity index (χ1n) is 6.88. The Balaban J connectivity index is 2.17. The summed E-state index contributed by atoms with van der Waals surface area (Å²) in [6.07, 6.45) is 1.90. The minimum Gasteiger partial charge on any atom is -0.481 e. The number of carboxylic acids is 1. The number of nitrogens with zero attached hydrogens (tertiary/aromatic N) is 1. The fraction of sp³-hybridized carbons (Fsp3) is 0.786. The van der Waals surface area contributed by atoms with Crippen molar-refractivity contribution in [1.29, 1.82) is 0 Å². The summed E-state index contributed by atoms with van der Waals surface area (Å²) in [5.41, 5.74) is -1.05. The summed E-state index contributed by atoms with van der Waals surface area (Å²) in [7, 11) is 0. The van der Waals surface area contributed by atoms with Crippen LogP contribution in [0, 0.1) is 23.2 Å². The standard InChI is InChI=1S/C14H21NO4/c1-4-14(3,13(18)19)7-15-11(16)9-5-8(2)6-10(9)12(15)17/h8-10H,4-7H2,1-3H3,(H,18,19). The zero-order chi connectivity index (χ0) is 14.4. The lowest BCUT2D eigenvalue weighted by molar-refractivity contribution is -0.152. The number of carbonyl (C=O) groups excluding carboxylic acids is 2. The molecule has 106 valence electrons. The molecule has 1 saturated carbocycles. The molecule has 0 aromatic carbocycles. The molecule has 2 fully saturated rings. The van der Waals surface area contributed by atoms with Crippen molar-refractivity contribution in [3.05, 3.63) is 0 Å². The fourth-order valence-corrected chi connectivity index (χ4v) is 3.18. The molecular weight excluding hydrogens is 246 g/mol.